The van der Waals surface area contributed by atoms with E-state index in [2.05, 4.69) is 10.6 Å². The van der Waals surface area contributed by atoms with Crippen LogP contribution in [0.25, 0.3) is 0 Å². The molecule has 2 aromatic rings. The number of fused-ring (bicyclic) bond motifs is 3. The Labute approximate surface area is 215 Å². The Kier molecular flexibility index (Phi) is 7.61. The van der Waals surface area contributed by atoms with Crippen LogP contribution >= 0.6 is 23.2 Å². The van der Waals surface area contributed by atoms with Gasteiger partial charge in [-0.1, -0.05) is 23.2 Å². The normalized spacial score (nSPS) is 26.8. The second-order valence-electron chi connectivity index (χ2n) is 9.03. The van der Waals surface area contributed by atoms with Crippen molar-refractivity contribution in [2.24, 2.45) is 0 Å². The van der Waals surface area contributed by atoms with Gasteiger partial charge in [-0.2, -0.15) is 0 Å². The third-order valence-electron chi connectivity index (χ3n) is 6.76. The molecule has 194 valence electrons. The SMILES string of the molecule is O=C(COc1ccc(Cl)c(F)c1)NC12CCC(NC(=O)COc3ccc(Cl)c(F)c3)(CC1)C(O)C2O. The topological polar surface area (TPSA) is 117 Å². The summed E-state index contributed by atoms with van der Waals surface area (Å²) in [6.45, 7) is -0.869. The third kappa shape index (κ3) is 5.36. The summed E-state index contributed by atoms with van der Waals surface area (Å²) in [6, 6.07) is 7.55. The fourth-order valence-corrected chi connectivity index (χ4v) is 5.03. The Morgan fingerprint density at radius 3 is 1.50 bits per heavy atom. The monoisotopic (exact) mass is 544 g/mol. The number of ether oxygens (including phenoxy) is 2. The molecule has 0 aromatic heterocycles. The minimum absolute atomic E-state index is 0.0757. The average molecular weight is 545 g/mol. The largest absolute Gasteiger partial charge is 0.484 e. The number of carbonyl (C=O) groups excluding carboxylic acids is 2. The summed E-state index contributed by atoms with van der Waals surface area (Å²) < 4.78 is 37.7. The first-order valence-electron chi connectivity index (χ1n) is 11.2. The van der Waals surface area contributed by atoms with Crippen molar-refractivity contribution < 1.29 is 38.1 Å². The fraction of sp³-hybridized carbons (Fsp3) is 0.417. The van der Waals surface area contributed by atoms with E-state index in [1.165, 1.54) is 24.3 Å². The molecule has 2 amide bonds. The number of aliphatic hydroxyl groups excluding tert-OH is 2. The van der Waals surface area contributed by atoms with Crippen molar-refractivity contribution in [2.75, 3.05) is 13.2 Å². The molecule has 0 heterocycles. The second-order valence-corrected chi connectivity index (χ2v) is 9.84. The van der Waals surface area contributed by atoms with E-state index in [1.807, 2.05) is 0 Å². The van der Waals surface area contributed by atoms with E-state index in [9.17, 15) is 28.6 Å². The molecule has 2 unspecified atom stereocenters. The Morgan fingerprint density at radius 1 is 0.806 bits per heavy atom. The van der Waals surface area contributed by atoms with Crippen molar-refractivity contribution in [1.29, 1.82) is 0 Å². The van der Waals surface area contributed by atoms with Crippen LogP contribution in [0.15, 0.2) is 36.4 Å². The highest BCUT2D eigenvalue weighted by Gasteiger charge is 2.61. The molecule has 36 heavy (non-hydrogen) atoms. The molecule has 2 aromatic carbocycles. The van der Waals surface area contributed by atoms with Crippen LogP contribution in [-0.4, -0.2) is 58.5 Å². The first-order valence-corrected chi connectivity index (χ1v) is 11.9. The zero-order chi connectivity index (χ0) is 26.1. The third-order valence-corrected chi connectivity index (χ3v) is 7.38. The Bertz CT molecular complexity index is 1070. The van der Waals surface area contributed by atoms with Crippen LogP contribution in [0.5, 0.6) is 11.5 Å². The molecule has 3 aliphatic carbocycles. The van der Waals surface area contributed by atoms with Crippen LogP contribution in [0.3, 0.4) is 0 Å². The van der Waals surface area contributed by atoms with E-state index in [0.717, 1.165) is 12.1 Å². The van der Waals surface area contributed by atoms with Crippen LogP contribution in [0.2, 0.25) is 10.0 Å². The highest BCUT2D eigenvalue weighted by atomic mass is 35.5. The van der Waals surface area contributed by atoms with E-state index in [4.69, 9.17) is 32.7 Å². The summed E-state index contributed by atoms with van der Waals surface area (Å²) >= 11 is 11.3. The lowest BCUT2D eigenvalue weighted by Gasteiger charge is -2.58. The molecule has 2 atom stereocenters. The number of amides is 2. The fourth-order valence-electron chi connectivity index (χ4n) is 4.79. The predicted molar refractivity (Wildman–Crippen MR) is 126 cm³/mol. The molecular weight excluding hydrogens is 521 g/mol. The van der Waals surface area contributed by atoms with Gasteiger partial charge in [0.05, 0.1) is 21.1 Å². The zero-order valence-corrected chi connectivity index (χ0v) is 20.4. The second kappa shape index (κ2) is 10.4. The number of benzene rings is 2. The summed E-state index contributed by atoms with van der Waals surface area (Å²) in [7, 11) is 0. The predicted octanol–water partition coefficient (Wildman–Crippen LogP) is 2.75. The van der Waals surface area contributed by atoms with Crippen molar-refractivity contribution in [3.05, 3.63) is 58.1 Å². The summed E-state index contributed by atoms with van der Waals surface area (Å²) in [6.07, 6.45) is -1.56. The Hall–Kier alpha value is -2.66. The minimum atomic E-state index is -1.36. The maximum absolute atomic E-state index is 13.6. The van der Waals surface area contributed by atoms with Gasteiger partial charge in [0.1, 0.15) is 35.3 Å². The van der Waals surface area contributed by atoms with Crippen LogP contribution in [0.1, 0.15) is 25.7 Å². The highest BCUT2D eigenvalue weighted by Crippen LogP contribution is 2.47. The van der Waals surface area contributed by atoms with E-state index < -0.39 is 59.9 Å². The number of hydrogen-bond donors (Lipinski definition) is 4. The van der Waals surface area contributed by atoms with Gasteiger partial charge in [0.15, 0.2) is 13.2 Å². The molecule has 2 bridgehead atoms. The van der Waals surface area contributed by atoms with E-state index >= 15 is 0 Å². The smallest absolute Gasteiger partial charge is 0.258 e. The molecule has 3 saturated carbocycles. The van der Waals surface area contributed by atoms with Crippen LogP contribution in [0.4, 0.5) is 8.78 Å². The van der Waals surface area contributed by atoms with Crippen molar-refractivity contribution in [3.63, 3.8) is 0 Å². The van der Waals surface area contributed by atoms with Crippen molar-refractivity contribution in [3.8, 4) is 11.5 Å². The molecule has 4 N–H and O–H groups in total. The van der Waals surface area contributed by atoms with Gasteiger partial charge in [0, 0.05) is 12.1 Å². The molecule has 8 nitrogen and oxygen atoms in total. The molecule has 3 fully saturated rings. The Balaban J connectivity index is 1.32. The number of aliphatic hydroxyl groups is 2. The molecule has 5 rings (SSSR count). The van der Waals surface area contributed by atoms with E-state index in [1.54, 1.807) is 0 Å². The van der Waals surface area contributed by atoms with Gasteiger partial charge in [-0.25, -0.2) is 8.78 Å². The number of carbonyl (C=O) groups is 2. The maximum Gasteiger partial charge on any atom is 0.258 e. The molecule has 0 radical (unpaired) electrons. The molecule has 3 aliphatic rings. The van der Waals surface area contributed by atoms with Gasteiger partial charge in [-0.05, 0) is 49.9 Å². The number of halogens is 4. The van der Waals surface area contributed by atoms with Crippen molar-refractivity contribution in [1.82, 2.24) is 10.6 Å². The minimum Gasteiger partial charge on any atom is -0.484 e. The summed E-state index contributed by atoms with van der Waals surface area (Å²) in [5.41, 5.74) is -2.20. The first-order chi connectivity index (χ1) is 17.0. The summed E-state index contributed by atoms with van der Waals surface area (Å²) in [5.74, 6) is -2.26. The lowest BCUT2D eigenvalue weighted by atomic mass is 9.58. The zero-order valence-electron chi connectivity index (χ0n) is 18.9. The maximum atomic E-state index is 13.6. The van der Waals surface area contributed by atoms with E-state index in [0.29, 0.717) is 0 Å². The first kappa shape index (κ1) is 26.4. The highest BCUT2D eigenvalue weighted by molar-refractivity contribution is 6.31. The lowest BCUT2D eigenvalue weighted by Crippen LogP contribution is -2.77. The summed E-state index contributed by atoms with van der Waals surface area (Å²) in [4.78, 5) is 25.0. The molecule has 0 aliphatic heterocycles. The molecule has 12 heteroatoms. The number of rotatable bonds is 8. The standard InChI is InChI=1S/C24H24Cl2F2N2O6/c25-15-3-1-13(9-17(15)27)35-11-19(31)29-23-5-7-24(8-6-23,22(34)21(23)33)30-20(32)12-36-14-2-4-16(26)18(28)10-14/h1-4,9-10,21-22,33-34H,5-8,11-12H2,(H,29,31)(H,30,32). The quantitative estimate of drug-likeness (QED) is 0.406. The molecule has 0 spiro atoms. The van der Waals surface area contributed by atoms with E-state index in [-0.39, 0.29) is 47.2 Å². The van der Waals surface area contributed by atoms with Crippen LogP contribution < -0.4 is 20.1 Å². The van der Waals surface area contributed by atoms with Gasteiger partial charge < -0.3 is 30.3 Å². The molecule has 0 saturated heterocycles. The van der Waals surface area contributed by atoms with Gasteiger partial charge in [-0.3, -0.25) is 9.59 Å². The van der Waals surface area contributed by atoms with Crippen molar-refractivity contribution >= 4 is 35.0 Å². The van der Waals surface area contributed by atoms with Crippen LogP contribution in [-0.2, 0) is 9.59 Å². The van der Waals surface area contributed by atoms with Crippen molar-refractivity contribution in [2.45, 2.75) is 49.0 Å². The molecular formula is C24H24Cl2F2N2O6. The number of hydrogen-bond acceptors (Lipinski definition) is 6. The Morgan fingerprint density at radius 2 is 1.17 bits per heavy atom. The lowest BCUT2D eigenvalue weighted by molar-refractivity contribution is -0.166. The van der Waals surface area contributed by atoms with Crippen LogP contribution in [0, 0.1) is 11.6 Å². The average Bonchev–Trinajstić information content (AvgIpc) is 2.85. The van der Waals surface area contributed by atoms with Gasteiger partial charge in [0.2, 0.25) is 0 Å². The summed E-state index contributed by atoms with van der Waals surface area (Å²) in [5, 5.41) is 27.1. The van der Waals surface area contributed by atoms with Gasteiger partial charge in [-0.15, -0.1) is 0 Å². The van der Waals surface area contributed by atoms with Gasteiger partial charge in [0.25, 0.3) is 11.8 Å². The number of nitrogens with one attached hydrogen (secondary N) is 2. The van der Waals surface area contributed by atoms with Gasteiger partial charge >= 0.3 is 0 Å².